The Morgan fingerprint density at radius 1 is 1.35 bits per heavy atom. The standard InChI is InChI=1S/C13H16FN3/c1-17-13(9-12(16-17)6-3-7-15)10-4-2-5-11(14)8-10/h2,4-5,8-9H,3,6-7,15H2,1H3. The van der Waals surface area contributed by atoms with Gasteiger partial charge in [-0.1, -0.05) is 12.1 Å². The van der Waals surface area contributed by atoms with Crippen molar-refractivity contribution in [2.75, 3.05) is 6.54 Å². The van der Waals surface area contributed by atoms with Crippen molar-refractivity contribution in [3.63, 3.8) is 0 Å². The average Bonchev–Trinajstić information content (AvgIpc) is 2.68. The van der Waals surface area contributed by atoms with Gasteiger partial charge in [0.15, 0.2) is 0 Å². The predicted octanol–water partition coefficient (Wildman–Crippen LogP) is 2.12. The molecule has 2 rings (SSSR count). The highest BCUT2D eigenvalue weighted by molar-refractivity contribution is 5.59. The molecule has 0 aliphatic heterocycles. The number of benzene rings is 1. The molecule has 0 radical (unpaired) electrons. The summed E-state index contributed by atoms with van der Waals surface area (Å²) in [5.74, 6) is -0.229. The summed E-state index contributed by atoms with van der Waals surface area (Å²) in [4.78, 5) is 0. The minimum Gasteiger partial charge on any atom is -0.330 e. The monoisotopic (exact) mass is 233 g/mol. The lowest BCUT2D eigenvalue weighted by Gasteiger charge is -2.00. The number of rotatable bonds is 4. The summed E-state index contributed by atoms with van der Waals surface area (Å²) in [5.41, 5.74) is 8.24. The minimum atomic E-state index is -0.229. The van der Waals surface area contributed by atoms with Crippen LogP contribution in [0.5, 0.6) is 0 Å². The Kier molecular flexibility index (Phi) is 3.54. The number of nitrogens with zero attached hydrogens (tertiary/aromatic N) is 2. The second kappa shape index (κ2) is 5.10. The van der Waals surface area contributed by atoms with Gasteiger partial charge in [-0.05, 0) is 37.6 Å². The van der Waals surface area contributed by atoms with Crippen molar-refractivity contribution in [3.05, 3.63) is 41.8 Å². The van der Waals surface area contributed by atoms with Crippen LogP contribution in [-0.2, 0) is 13.5 Å². The van der Waals surface area contributed by atoms with Gasteiger partial charge in [-0.25, -0.2) is 4.39 Å². The average molecular weight is 233 g/mol. The van der Waals surface area contributed by atoms with Crippen LogP contribution in [0.15, 0.2) is 30.3 Å². The van der Waals surface area contributed by atoms with E-state index in [2.05, 4.69) is 5.10 Å². The first kappa shape index (κ1) is 11.8. The van der Waals surface area contributed by atoms with Crippen molar-refractivity contribution in [1.29, 1.82) is 0 Å². The van der Waals surface area contributed by atoms with Gasteiger partial charge in [-0.3, -0.25) is 4.68 Å². The topological polar surface area (TPSA) is 43.8 Å². The molecule has 0 spiro atoms. The van der Waals surface area contributed by atoms with Crippen molar-refractivity contribution in [3.8, 4) is 11.3 Å². The smallest absolute Gasteiger partial charge is 0.123 e. The Morgan fingerprint density at radius 2 is 2.18 bits per heavy atom. The van der Waals surface area contributed by atoms with Crippen molar-refractivity contribution in [2.24, 2.45) is 12.8 Å². The van der Waals surface area contributed by atoms with Crippen LogP contribution in [0.1, 0.15) is 12.1 Å². The molecule has 0 aliphatic rings. The SMILES string of the molecule is Cn1nc(CCCN)cc1-c1cccc(F)c1. The summed E-state index contributed by atoms with van der Waals surface area (Å²) < 4.78 is 14.9. The minimum absolute atomic E-state index is 0.229. The lowest BCUT2D eigenvalue weighted by Crippen LogP contribution is -2.01. The summed E-state index contributed by atoms with van der Waals surface area (Å²) in [6, 6.07) is 8.54. The maximum absolute atomic E-state index is 13.1. The van der Waals surface area contributed by atoms with Crippen molar-refractivity contribution in [2.45, 2.75) is 12.8 Å². The Balaban J connectivity index is 2.29. The van der Waals surface area contributed by atoms with Gasteiger partial charge < -0.3 is 5.73 Å². The summed E-state index contributed by atoms with van der Waals surface area (Å²) in [6.45, 7) is 0.659. The van der Waals surface area contributed by atoms with Gasteiger partial charge in [0.05, 0.1) is 11.4 Å². The molecule has 0 fully saturated rings. The van der Waals surface area contributed by atoms with Crippen molar-refractivity contribution >= 4 is 0 Å². The van der Waals surface area contributed by atoms with Crippen LogP contribution in [0.25, 0.3) is 11.3 Å². The maximum atomic E-state index is 13.1. The number of halogens is 1. The molecule has 0 aliphatic carbocycles. The molecule has 1 aromatic carbocycles. The van der Waals surface area contributed by atoms with Gasteiger partial charge in [-0.2, -0.15) is 5.10 Å². The number of nitrogens with two attached hydrogens (primary N) is 1. The third-order valence-electron chi connectivity index (χ3n) is 2.69. The molecular weight excluding hydrogens is 217 g/mol. The molecule has 3 nitrogen and oxygen atoms in total. The third-order valence-corrected chi connectivity index (χ3v) is 2.69. The summed E-state index contributed by atoms with van der Waals surface area (Å²) >= 11 is 0. The van der Waals surface area contributed by atoms with Crippen molar-refractivity contribution < 1.29 is 4.39 Å². The van der Waals surface area contributed by atoms with E-state index in [-0.39, 0.29) is 5.82 Å². The Morgan fingerprint density at radius 3 is 2.88 bits per heavy atom. The molecular formula is C13H16FN3. The largest absolute Gasteiger partial charge is 0.330 e. The van der Waals surface area contributed by atoms with Crippen LogP contribution in [0.4, 0.5) is 4.39 Å². The van der Waals surface area contributed by atoms with E-state index < -0.39 is 0 Å². The normalized spacial score (nSPS) is 10.8. The molecule has 0 bridgehead atoms. The van der Waals surface area contributed by atoms with Gasteiger partial charge in [0.25, 0.3) is 0 Å². The van der Waals surface area contributed by atoms with Gasteiger partial charge in [0, 0.05) is 12.6 Å². The molecule has 0 saturated heterocycles. The highest BCUT2D eigenvalue weighted by Crippen LogP contribution is 2.21. The second-order valence-corrected chi connectivity index (χ2v) is 4.05. The quantitative estimate of drug-likeness (QED) is 0.879. The van der Waals surface area contributed by atoms with Crippen LogP contribution in [0.2, 0.25) is 0 Å². The fraction of sp³-hybridized carbons (Fsp3) is 0.308. The van der Waals surface area contributed by atoms with Gasteiger partial charge >= 0.3 is 0 Å². The fourth-order valence-corrected chi connectivity index (χ4v) is 1.85. The zero-order chi connectivity index (χ0) is 12.3. The molecule has 1 aromatic heterocycles. The maximum Gasteiger partial charge on any atom is 0.123 e. The number of aryl methyl sites for hydroxylation is 2. The first-order valence-corrected chi connectivity index (χ1v) is 5.69. The molecule has 2 aromatic rings. The van der Waals surface area contributed by atoms with Gasteiger partial charge in [-0.15, -0.1) is 0 Å². The molecule has 0 unspecified atom stereocenters. The number of hydrogen-bond acceptors (Lipinski definition) is 2. The number of hydrogen-bond donors (Lipinski definition) is 1. The third kappa shape index (κ3) is 2.71. The Labute approximate surface area is 100 Å². The fourth-order valence-electron chi connectivity index (χ4n) is 1.85. The van der Waals surface area contributed by atoms with E-state index >= 15 is 0 Å². The molecule has 4 heteroatoms. The van der Waals surface area contributed by atoms with E-state index in [1.807, 2.05) is 19.2 Å². The van der Waals surface area contributed by atoms with Crippen LogP contribution >= 0.6 is 0 Å². The van der Waals surface area contributed by atoms with Crippen LogP contribution in [0, 0.1) is 5.82 Å². The van der Waals surface area contributed by atoms with Crippen LogP contribution in [0.3, 0.4) is 0 Å². The van der Waals surface area contributed by atoms with E-state index in [4.69, 9.17) is 5.73 Å². The molecule has 1 heterocycles. The van der Waals surface area contributed by atoms with Crippen LogP contribution < -0.4 is 5.73 Å². The molecule has 0 atom stereocenters. The highest BCUT2D eigenvalue weighted by Gasteiger charge is 2.07. The van der Waals surface area contributed by atoms with E-state index in [0.717, 1.165) is 29.8 Å². The summed E-state index contributed by atoms with van der Waals surface area (Å²) in [5, 5.41) is 4.39. The molecule has 2 N–H and O–H groups in total. The van der Waals surface area contributed by atoms with E-state index in [1.165, 1.54) is 12.1 Å². The lowest BCUT2D eigenvalue weighted by molar-refractivity contribution is 0.628. The van der Waals surface area contributed by atoms with Gasteiger partial charge in [0.2, 0.25) is 0 Å². The first-order valence-electron chi connectivity index (χ1n) is 5.69. The number of aromatic nitrogens is 2. The van der Waals surface area contributed by atoms with Crippen molar-refractivity contribution in [1.82, 2.24) is 9.78 Å². The first-order chi connectivity index (χ1) is 8.20. The molecule has 0 saturated carbocycles. The van der Waals surface area contributed by atoms with E-state index in [0.29, 0.717) is 6.54 Å². The lowest BCUT2D eigenvalue weighted by atomic mass is 10.1. The summed E-state index contributed by atoms with van der Waals surface area (Å²) in [6.07, 6.45) is 1.78. The molecule has 90 valence electrons. The Hall–Kier alpha value is -1.68. The van der Waals surface area contributed by atoms with Gasteiger partial charge in [0.1, 0.15) is 5.82 Å². The molecule has 17 heavy (non-hydrogen) atoms. The highest BCUT2D eigenvalue weighted by atomic mass is 19.1. The van der Waals surface area contributed by atoms with E-state index in [1.54, 1.807) is 10.7 Å². The second-order valence-electron chi connectivity index (χ2n) is 4.05. The molecule has 0 amide bonds. The Bertz CT molecular complexity index is 505. The summed E-state index contributed by atoms with van der Waals surface area (Å²) in [7, 11) is 1.87. The predicted molar refractivity (Wildman–Crippen MR) is 66.0 cm³/mol. The van der Waals surface area contributed by atoms with Crippen LogP contribution in [-0.4, -0.2) is 16.3 Å². The zero-order valence-corrected chi connectivity index (χ0v) is 9.86. The van der Waals surface area contributed by atoms with E-state index in [9.17, 15) is 4.39 Å². The zero-order valence-electron chi connectivity index (χ0n) is 9.86.